The van der Waals surface area contributed by atoms with Crippen LogP contribution in [0.15, 0.2) is 48.7 Å². The smallest absolute Gasteiger partial charge is 0.0502 e. The van der Waals surface area contributed by atoms with Gasteiger partial charge in [0.05, 0.1) is 5.69 Å². The van der Waals surface area contributed by atoms with Crippen LogP contribution in [-0.4, -0.2) is 10.2 Å². The third kappa shape index (κ3) is 2.74. The lowest BCUT2D eigenvalue weighted by Crippen LogP contribution is -2.00. The first kappa shape index (κ1) is 9.53. The maximum atomic E-state index is 4.30. The average molecular weight is 203 g/mol. The molecule has 1 aromatic rings. The van der Waals surface area contributed by atoms with E-state index in [1.54, 1.807) is 0 Å². The molecule has 0 radical (unpaired) electrons. The molecule has 72 valence electrons. The number of hydrogen-bond acceptors (Lipinski definition) is 2. The normalized spacial score (nSPS) is 19.9. The first-order valence-electron chi connectivity index (χ1n) is 4.80. The minimum atomic E-state index is 0.627. The van der Waals surface area contributed by atoms with E-state index in [4.69, 9.17) is 0 Å². The summed E-state index contributed by atoms with van der Waals surface area (Å²) in [6.07, 6.45) is 11.7. The molecule has 0 aromatic carbocycles. The topological polar surface area (TPSA) is 12.9 Å². The summed E-state index contributed by atoms with van der Waals surface area (Å²) in [4.78, 5) is 4.30. The van der Waals surface area contributed by atoms with Crippen molar-refractivity contribution in [2.45, 2.75) is 17.4 Å². The van der Waals surface area contributed by atoms with E-state index in [1.165, 1.54) is 5.69 Å². The van der Waals surface area contributed by atoms with Crippen molar-refractivity contribution in [1.82, 2.24) is 4.98 Å². The second-order valence-electron chi connectivity index (χ2n) is 3.22. The molecule has 1 atom stereocenters. The molecule has 1 unspecified atom stereocenters. The van der Waals surface area contributed by atoms with E-state index in [2.05, 4.69) is 35.4 Å². The molecule has 1 aromatic heterocycles. The van der Waals surface area contributed by atoms with Gasteiger partial charge in [-0.3, -0.25) is 4.98 Å². The number of thioether (sulfide) groups is 1. The first-order chi connectivity index (χ1) is 6.95. The van der Waals surface area contributed by atoms with Crippen LogP contribution in [0.25, 0.3) is 0 Å². The van der Waals surface area contributed by atoms with Gasteiger partial charge in [-0.2, -0.15) is 0 Å². The molecule has 14 heavy (non-hydrogen) atoms. The molecule has 0 fully saturated rings. The van der Waals surface area contributed by atoms with Crippen molar-refractivity contribution >= 4 is 11.8 Å². The number of rotatable bonds is 3. The van der Waals surface area contributed by atoms with E-state index >= 15 is 0 Å². The standard InChI is InChI=1S/C12H13NS/c1-2-7-12(8-3-1)14-10-11-6-4-5-9-13-11/h1-7,9,12H,8,10H2. The SMILES string of the molecule is C1=CCC(SCc2ccccn2)C=C1. The van der Waals surface area contributed by atoms with Crippen molar-refractivity contribution in [1.29, 1.82) is 0 Å². The van der Waals surface area contributed by atoms with Gasteiger partial charge in [-0.25, -0.2) is 0 Å². The first-order valence-corrected chi connectivity index (χ1v) is 5.85. The largest absolute Gasteiger partial charge is 0.260 e. The number of allylic oxidation sites excluding steroid dienone is 3. The summed E-state index contributed by atoms with van der Waals surface area (Å²) in [7, 11) is 0. The van der Waals surface area contributed by atoms with Gasteiger partial charge >= 0.3 is 0 Å². The molecule has 1 heterocycles. The lowest BCUT2D eigenvalue weighted by molar-refractivity contribution is 1.05. The fourth-order valence-corrected chi connectivity index (χ4v) is 2.36. The summed E-state index contributed by atoms with van der Waals surface area (Å²) in [5.41, 5.74) is 1.17. The summed E-state index contributed by atoms with van der Waals surface area (Å²) in [5, 5.41) is 0.627. The highest BCUT2D eigenvalue weighted by Crippen LogP contribution is 2.22. The van der Waals surface area contributed by atoms with E-state index in [1.807, 2.05) is 30.1 Å². The summed E-state index contributed by atoms with van der Waals surface area (Å²) < 4.78 is 0. The predicted molar refractivity (Wildman–Crippen MR) is 62.2 cm³/mol. The number of hydrogen-bond donors (Lipinski definition) is 0. The highest BCUT2D eigenvalue weighted by Gasteiger charge is 2.05. The van der Waals surface area contributed by atoms with Crippen molar-refractivity contribution in [2.24, 2.45) is 0 Å². The Hall–Kier alpha value is -1.02. The van der Waals surface area contributed by atoms with Crippen molar-refractivity contribution in [3.63, 3.8) is 0 Å². The Labute approximate surface area is 88.9 Å². The van der Waals surface area contributed by atoms with Crippen molar-refractivity contribution in [2.75, 3.05) is 0 Å². The van der Waals surface area contributed by atoms with Gasteiger partial charge < -0.3 is 0 Å². The van der Waals surface area contributed by atoms with E-state index < -0.39 is 0 Å². The van der Waals surface area contributed by atoms with Crippen LogP contribution >= 0.6 is 11.8 Å². The zero-order valence-corrected chi connectivity index (χ0v) is 8.78. The van der Waals surface area contributed by atoms with Crippen LogP contribution in [-0.2, 0) is 5.75 Å². The number of aromatic nitrogens is 1. The molecule has 0 spiro atoms. The molecule has 1 aliphatic rings. The van der Waals surface area contributed by atoms with Gasteiger partial charge in [0.1, 0.15) is 0 Å². The van der Waals surface area contributed by atoms with Gasteiger partial charge in [-0.1, -0.05) is 30.4 Å². The van der Waals surface area contributed by atoms with Gasteiger partial charge in [0.15, 0.2) is 0 Å². The second-order valence-corrected chi connectivity index (χ2v) is 4.45. The van der Waals surface area contributed by atoms with Gasteiger partial charge in [0, 0.05) is 17.2 Å². The molecule has 0 bridgehead atoms. The minimum Gasteiger partial charge on any atom is -0.260 e. The van der Waals surface area contributed by atoms with Gasteiger partial charge in [0.2, 0.25) is 0 Å². The highest BCUT2D eigenvalue weighted by molar-refractivity contribution is 7.99. The monoisotopic (exact) mass is 203 g/mol. The van der Waals surface area contributed by atoms with Crippen molar-refractivity contribution < 1.29 is 0 Å². The Bertz CT molecular complexity index is 329. The van der Waals surface area contributed by atoms with Gasteiger partial charge in [-0.15, -0.1) is 11.8 Å². The summed E-state index contributed by atoms with van der Waals surface area (Å²) in [5.74, 6) is 1.00. The van der Waals surface area contributed by atoms with Crippen LogP contribution in [0.4, 0.5) is 0 Å². The molecule has 0 N–H and O–H groups in total. The Kier molecular flexibility index (Phi) is 3.41. The molecular formula is C12H13NS. The molecule has 2 rings (SSSR count). The van der Waals surface area contributed by atoms with Crippen LogP contribution in [0.3, 0.4) is 0 Å². The minimum absolute atomic E-state index is 0.627. The van der Waals surface area contributed by atoms with Crippen LogP contribution in [0, 0.1) is 0 Å². The van der Waals surface area contributed by atoms with Crippen LogP contribution < -0.4 is 0 Å². The fourth-order valence-electron chi connectivity index (χ4n) is 1.36. The lowest BCUT2D eigenvalue weighted by atomic mass is 10.2. The fraction of sp³-hybridized carbons (Fsp3) is 0.250. The molecule has 0 saturated heterocycles. The number of nitrogens with zero attached hydrogens (tertiary/aromatic N) is 1. The lowest BCUT2D eigenvalue weighted by Gasteiger charge is -2.11. The van der Waals surface area contributed by atoms with Crippen LogP contribution in [0.5, 0.6) is 0 Å². The third-order valence-corrected chi connectivity index (χ3v) is 3.35. The molecule has 0 amide bonds. The van der Waals surface area contributed by atoms with Crippen LogP contribution in [0.2, 0.25) is 0 Å². The van der Waals surface area contributed by atoms with Gasteiger partial charge in [0.25, 0.3) is 0 Å². The summed E-state index contributed by atoms with van der Waals surface area (Å²) in [6, 6.07) is 6.08. The molecule has 1 nitrogen and oxygen atoms in total. The van der Waals surface area contributed by atoms with Crippen molar-refractivity contribution in [3.05, 3.63) is 54.4 Å². The Morgan fingerprint density at radius 2 is 2.36 bits per heavy atom. The second kappa shape index (κ2) is 5.01. The summed E-state index contributed by atoms with van der Waals surface area (Å²) >= 11 is 1.95. The van der Waals surface area contributed by atoms with E-state index in [9.17, 15) is 0 Å². The molecule has 0 saturated carbocycles. The van der Waals surface area contributed by atoms with E-state index in [0.29, 0.717) is 5.25 Å². The van der Waals surface area contributed by atoms with E-state index in [-0.39, 0.29) is 0 Å². The Balaban J connectivity index is 1.83. The predicted octanol–water partition coefficient (Wildman–Crippen LogP) is 3.20. The molecule has 0 aliphatic heterocycles. The summed E-state index contributed by atoms with van der Waals surface area (Å²) in [6.45, 7) is 0. The maximum absolute atomic E-state index is 4.30. The Morgan fingerprint density at radius 1 is 1.36 bits per heavy atom. The van der Waals surface area contributed by atoms with E-state index in [0.717, 1.165) is 12.2 Å². The van der Waals surface area contributed by atoms with Gasteiger partial charge in [-0.05, 0) is 18.6 Å². The quantitative estimate of drug-likeness (QED) is 0.748. The number of pyridine rings is 1. The molecule has 2 heteroatoms. The zero-order chi connectivity index (χ0) is 9.64. The highest BCUT2D eigenvalue weighted by atomic mass is 32.2. The third-order valence-electron chi connectivity index (χ3n) is 2.11. The Morgan fingerprint density at radius 3 is 3.07 bits per heavy atom. The maximum Gasteiger partial charge on any atom is 0.0502 e. The zero-order valence-electron chi connectivity index (χ0n) is 7.97. The van der Waals surface area contributed by atoms with Crippen molar-refractivity contribution in [3.8, 4) is 0 Å². The molecule has 1 aliphatic carbocycles. The van der Waals surface area contributed by atoms with Crippen LogP contribution in [0.1, 0.15) is 12.1 Å². The molecular weight excluding hydrogens is 190 g/mol. The average Bonchev–Trinajstić information content (AvgIpc) is 2.29.